The third-order valence-electron chi connectivity index (χ3n) is 6.42. The molecular weight excluding hydrogens is 458 g/mol. The highest BCUT2D eigenvalue weighted by Crippen LogP contribution is 2.45. The minimum atomic E-state index is -0.487. The van der Waals surface area contributed by atoms with Gasteiger partial charge in [-0.3, -0.25) is 9.89 Å². The molecule has 0 saturated heterocycles. The van der Waals surface area contributed by atoms with Crippen molar-refractivity contribution in [2.75, 3.05) is 20.3 Å². The van der Waals surface area contributed by atoms with Crippen LogP contribution >= 0.6 is 0 Å². The number of para-hydroxylation sites is 1. The molecule has 4 aromatic rings. The molecule has 3 aromatic carbocycles. The van der Waals surface area contributed by atoms with Crippen LogP contribution in [0.2, 0.25) is 0 Å². The third kappa shape index (κ3) is 4.11. The van der Waals surface area contributed by atoms with Gasteiger partial charge < -0.3 is 24.6 Å². The zero-order chi connectivity index (χ0) is 25.2. The smallest absolute Gasteiger partial charge is 0.273 e. The maximum Gasteiger partial charge on any atom is 0.273 e. The molecule has 0 saturated carbocycles. The second-order valence-corrected chi connectivity index (χ2v) is 8.54. The molecule has 1 atom stereocenters. The average Bonchev–Trinajstić information content (AvgIpc) is 3.43. The number of amides is 1. The van der Waals surface area contributed by atoms with Crippen molar-refractivity contribution < 1.29 is 24.5 Å². The van der Waals surface area contributed by atoms with Crippen LogP contribution in [-0.2, 0) is 6.42 Å². The van der Waals surface area contributed by atoms with Gasteiger partial charge in [0, 0.05) is 17.7 Å². The number of nitrogens with zero attached hydrogens (tertiary/aromatic N) is 2. The van der Waals surface area contributed by atoms with Gasteiger partial charge in [-0.15, -0.1) is 0 Å². The van der Waals surface area contributed by atoms with Gasteiger partial charge in [0.1, 0.15) is 22.9 Å². The number of hydrogen-bond acceptors (Lipinski definition) is 6. The highest BCUT2D eigenvalue weighted by atomic mass is 16.5. The Morgan fingerprint density at radius 1 is 1.03 bits per heavy atom. The Morgan fingerprint density at radius 3 is 2.53 bits per heavy atom. The number of carbonyl (C=O) groups is 1. The first kappa shape index (κ1) is 23.3. The summed E-state index contributed by atoms with van der Waals surface area (Å²) in [5, 5.41) is 28.1. The number of H-pyrrole nitrogens is 1. The molecule has 5 rings (SSSR count). The number of rotatable bonds is 8. The van der Waals surface area contributed by atoms with E-state index in [0.29, 0.717) is 47.8 Å². The number of aromatic nitrogens is 2. The van der Waals surface area contributed by atoms with Crippen molar-refractivity contribution >= 4 is 5.91 Å². The highest BCUT2D eigenvalue weighted by Gasteiger charge is 2.42. The van der Waals surface area contributed by atoms with Gasteiger partial charge in [-0.05, 0) is 60.9 Å². The predicted molar refractivity (Wildman–Crippen MR) is 135 cm³/mol. The van der Waals surface area contributed by atoms with Gasteiger partial charge in [-0.25, -0.2) is 0 Å². The number of benzene rings is 3. The molecule has 8 heteroatoms. The van der Waals surface area contributed by atoms with Crippen LogP contribution in [0, 0.1) is 0 Å². The summed E-state index contributed by atoms with van der Waals surface area (Å²) in [7, 11) is 1.63. The largest absolute Gasteiger partial charge is 0.507 e. The number of carbonyl (C=O) groups excluding carboxylic acids is 1. The van der Waals surface area contributed by atoms with Crippen LogP contribution in [0.15, 0.2) is 66.7 Å². The van der Waals surface area contributed by atoms with Crippen molar-refractivity contribution in [3.63, 3.8) is 0 Å². The van der Waals surface area contributed by atoms with Crippen LogP contribution in [-0.4, -0.2) is 51.5 Å². The molecule has 184 valence electrons. The van der Waals surface area contributed by atoms with E-state index in [4.69, 9.17) is 9.47 Å². The number of fused-ring (bicyclic) bond motifs is 1. The summed E-state index contributed by atoms with van der Waals surface area (Å²) in [6.07, 6.45) is 0.631. The standard InChI is InChI=1S/C28H27N3O5/c1-3-36-23-16-18(10-13-22(23)33)27-24-25(20-6-4-5-7-21(20)32)29-30-26(24)28(34)31(27)15-14-17-8-11-19(35-2)12-9-17/h4-13,16,27,32-33H,3,14-15H2,1-2H3,(H,29,30)/t27-/m1/s1. The number of phenolic OH excluding ortho intramolecular Hbond substituents is 2. The van der Waals surface area contributed by atoms with Crippen molar-refractivity contribution in [2.45, 2.75) is 19.4 Å². The lowest BCUT2D eigenvalue weighted by molar-refractivity contribution is 0.0745. The summed E-state index contributed by atoms with van der Waals surface area (Å²) in [6.45, 7) is 2.68. The Morgan fingerprint density at radius 2 is 1.81 bits per heavy atom. The first-order valence-electron chi connectivity index (χ1n) is 11.8. The van der Waals surface area contributed by atoms with E-state index in [9.17, 15) is 15.0 Å². The highest BCUT2D eigenvalue weighted by molar-refractivity contribution is 6.00. The second-order valence-electron chi connectivity index (χ2n) is 8.54. The minimum Gasteiger partial charge on any atom is -0.507 e. The fraction of sp³-hybridized carbons (Fsp3) is 0.214. The van der Waals surface area contributed by atoms with E-state index in [0.717, 1.165) is 16.9 Å². The molecule has 0 unspecified atom stereocenters. The van der Waals surface area contributed by atoms with E-state index in [2.05, 4.69) is 10.2 Å². The van der Waals surface area contributed by atoms with Gasteiger partial charge in [-0.2, -0.15) is 5.10 Å². The van der Waals surface area contributed by atoms with Crippen molar-refractivity contribution in [3.05, 3.63) is 89.1 Å². The summed E-state index contributed by atoms with van der Waals surface area (Å²) in [6, 6.07) is 19.3. The molecule has 0 aliphatic carbocycles. The van der Waals surface area contributed by atoms with Gasteiger partial charge in [0.05, 0.1) is 19.8 Å². The third-order valence-corrected chi connectivity index (χ3v) is 6.42. The maximum absolute atomic E-state index is 13.6. The Labute approximate surface area is 208 Å². The molecular formula is C28H27N3O5. The molecule has 1 aliphatic rings. The quantitative estimate of drug-likeness (QED) is 0.334. The van der Waals surface area contributed by atoms with Crippen LogP contribution in [0.3, 0.4) is 0 Å². The van der Waals surface area contributed by atoms with E-state index in [-0.39, 0.29) is 17.4 Å². The van der Waals surface area contributed by atoms with E-state index in [1.54, 1.807) is 48.4 Å². The molecule has 1 aliphatic heterocycles. The fourth-order valence-corrected chi connectivity index (χ4v) is 4.67. The fourth-order valence-electron chi connectivity index (χ4n) is 4.67. The minimum absolute atomic E-state index is 0.0306. The summed E-state index contributed by atoms with van der Waals surface area (Å²) >= 11 is 0. The molecule has 3 N–H and O–H groups in total. The number of methoxy groups -OCH3 is 1. The molecule has 2 heterocycles. The normalized spacial score (nSPS) is 14.7. The first-order chi connectivity index (χ1) is 17.5. The SMILES string of the molecule is CCOc1cc([C@@H]2c3c(-c4ccccc4O)n[nH]c3C(=O)N2CCc2ccc(OC)cc2)ccc1O. The lowest BCUT2D eigenvalue weighted by Gasteiger charge is -2.27. The summed E-state index contributed by atoms with van der Waals surface area (Å²) < 4.78 is 10.9. The van der Waals surface area contributed by atoms with Crippen molar-refractivity contribution in [1.29, 1.82) is 0 Å². The number of ether oxygens (including phenoxy) is 2. The van der Waals surface area contributed by atoms with Crippen molar-refractivity contribution in [1.82, 2.24) is 15.1 Å². The molecule has 1 amide bonds. The second kappa shape index (κ2) is 9.65. The van der Waals surface area contributed by atoms with Gasteiger partial charge in [0.15, 0.2) is 11.5 Å². The zero-order valence-electron chi connectivity index (χ0n) is 20.1. The molecule has 36 heavy (non-hydrogen) atoms. The number of hydrogen-bond donors (Lipinski definition) is 3. The Hall–Kier alpha value is -4.46. The molecule has 0 fully saturated rings. The van der Waals surface area contributed by atoms with Crippen LogP contribution in [0.5, 0.6) is 23.0 Å². The van der Waals surface area contributed by atoms with E-state index in [1.807, 2.05) is 37.3 Å². The Bertz CT molecular complexity index is 1400. The maximum atomic E-state index is 13.6. The number of aromatic hydroxyl groups is 2. The predicted octanol–water partition coefficient (Wildman–Crippen LogP) is 4.68. The Balaban J connectivity index is 1.58. The van der Waals surface area contributed by atoms with Gasteiger partial charge in [-0.1, -0.05) is 30.3 Å². The lowest BCUT2D eigenvalue weighted by atomic mass is 9.95. The van der Waals surface area contributed by atoms with E-state index >= 15 is 0 Å². The topological polar surface area (TPSA) is 108 Å². The van der Waals surface area contributed by atoms with Crippen molar-refractivity contribution in [2.24, 2.45) is 0 Å². The number of phenols is 2. The number of aromatic amines is 1. The first-order valence-corrected chi connectivity index (χ1v) is 11.8. The molecule has 0 radical (unpaired) electrons. The van der Waals surface area contributed by atoms with Crippen LogP contribution in [0.1, 0.15) is 40.1 Å². The Kier molecular flexibility index (Phi) is 6.25. The average molecular weight is 486 g/mol. The van der Waals surface area contributed by atoms with Crippen LogP contribution in [0.25, 0.3) is 11.3 Å². The van der Waals surface area contributed by atoms with E-state index < -0.39 is 6.04 Å². The molecule has 0 spiro atoms. The zero-order valence-corrected chi connectivity index (χ0v) is 20.1. The van der Waals surface area contributed by atoms with Crippen LogP contribution < -0.4 is 9.47 Å². The van der Waals surface area contributed by atoms with Gasteiger partial charge in [0.25, 0.3) is 5.91 Å². The summed E-state index contributed by atoms with van der Waals surface area (Å²) in [4.78, 5) is 15.4. The summed E-state index contributed by atoms with van der Waals surface area (Å²) in [5.74, 6) is 1.05. The van der Waals surface area contributed by atoms with Gasteiger partial charge in [0.2, 0.25) is 0 Å². The van der Waals surface area contributed by atoms with Gasteiger partial charge >= 0.3 is 0 Å². The lowest BCUT2D eigenvalue weighted by Crippen LogP contribution is -2.31. The number of nitrogens with one attached hydrogen (secondary N) is 1. The molecule has 0 bridgehead atoms. The van der Waals surface area contributed by atoms with Crippen LogP contribution in [0.4, 0.5) is 0 Å². The van der Waals surface area contributed by atoms with Crippen molar-refractivity contribution in [3.8, 4) is 34.3 Å². The molecule has 8 nitrogen and oxygen atoms in total. The molecule has 1 aromatic heterocycles. The summed E-state index contributed by atoms with van der Waals surface area (Å²) in [5.41, 5.74) is 3.96. The van der Waals surface area contributed by atoms with E-state index in [1.165, 1.54) is 0 Å². The monoisotopic (exact) mass is 485 g/mol.